The zero-order chi connectivity index (χ0) is 13.6. The highest BCUT2D eigenvalue weighted by Crippen LogP contribution is 2.27. The molecule has 0 aliphatic heterocycles. The molecule has 0 saturated carbocycles. The molecule has 19 heavy (non-hydrogen) atoms. The van der Waals surface area contributed by atoms with Crippen molar-refractivity contribution in [2.24, 2.45) is 7.05 Å². The number of benzene rings is 1. The second-order valence-electron chi connectivity index (χ2n) is 4.35. The standard InChI is InChI=1S/C13H11N3O3/c1-7-11(15-19-12(7)13(17)18)8-3-4-10-9(5-8)14-6-16(10)2/h3-6H,1-2H3,(H,17,18). The molecule has 0 spiro atoms. The Morgan fingerprint density at radius 3 is 2.89 bits per heavy atom. The monoisotopic (exact) mass is 257 g/mol. The fourth-order valence-corrected chi connectivity index (χ4v) is 2.09. The lowest BCUT2D eigenvalue weighted by Crippen LogP contribution is -1.95. The molecule has 2 heterocycles. The lowest BCUT2D eigenvalue weighted by molar-refractivity contribution is 0.0651. The minimum Gasteiger partial charge on any atom is -0.475 e. The van der Waals surface area contributed by atoms with Gasteiger partial charge in [-0.25, -0.2) is 9.78 Å². The summed E-state index contributed by atoms with van der Waals surface area (Å²) in [5.74, 6) is -1.24. The van der Waals surface area contributed by atoms with Crippen LogP contribution in [-0.4, -0.2) is 25.8 Å². The molecule has 0 amide bonds. The Hall–Kier alpha value is -2.63. The zero-order valence-electron chi connectivity index (χ0n) is 10.4. The molecule has 0 unspecified atom stereocenters. The average Bonchev–Trinajstić information content (AvgIpc) is 2.93. The Kier molecular flexibility index (Phi) is 2.38. The van der Waals surface area contributed by atoms with Crippen LogP contribution in [0.4, 0.5) is 0 Å². The van der Waals surface area contributed by atoms with Crippen LogP contribution in [0.1, 0.15) is 16.1 Å². The van der Waals surface area contributed by atoms with Gasteiger partial charge in [0.1, 0.15) is 5.69 Å². The molecule has 0 fully saturated rings. The van der Waals surface area contributed by atoms with Crippen molar-refractivity contribution in [2.75, 3.05) is 0 Å². The summed E-state index contributed by atoms with van der Waals surface area (Å²) >= 11 is 0. The number of imidazole rings is 1. The minimum absolute atomic E-state index is 0.129. The third kappa shape index (κ3) is 1.69. The SMILES string of the molecule is Cc1c(-c2ccc3c(c2)ncn3C)noc1C(=O)O. The molecular weight excluding hydrogens is 246 g/mol. The van der Waals surface area contributed by atoms with Crippen LogP contribution in [0.5, 0.6) is 0 Å². The van der Waals surface area contributed by atoms with Crippen LogP contribution in [-0.2, 0) is 7.05 Å². The van der Waals surface area contributed by atoms with E-state index < -0.39 is 5.97 Å². The van der Waals surface area contributed by atoms with E-state index in [0.717, 1.165) is 16.6 Å². The number of aryl methyl sites for hydroxylation is 1. The molecule has 3 rings (SSSR count). The van der Waals surface area contributed by atoms with Gasteiger partial charge in [-0.15, -0.1) is 0 Å². The number of hydrogen-bond acceptors (Lipinski definition) is 4. The number of fused-ring (bicyclic) bond motifs is 1. The largest absolute Gasteiger partial charge is 0.475 e. The van der Waals surface area contributed by atoms with Gasteiger partial charge in [0.05, 0.1) is 17.4 Å². The van der Waals surface area contributed by atoms with Gasteiger partial charge < -0.3 is 14.2 Å². The molecule has 1 N–H and O–H groups in total. The lowest BCUT2D eigenvalue weighted by atomic mass is 10.1. The Morgan fingerprint density at radius 1 is 1.42 bits per heavy atom. The molecule has 0 aliphatic rings. The fourth-order valence-electron chi connectivity index (χ4n) is 2.09. The molecule has 0 saturated heterocycles. The van der Waals surface area contributed by atoms with Gasteiger partial charge in [-0.3, -0.25) is 0 Å². The number of nitrogens with zero attached hydrogens (tertiary/aromatic N) is 3. The van der Waals surface area contributed by atoms with Gasteiger partial charge in [-0.05, 0) is 19.1 Å². The van der Waals surface area contributed by atoms with Crippen molar-refractivity contribution in [2.45, 2.75) is 6.92 Å². The van der Waals surface area contributed by atoms with Crippen molar-refractivity contribution in [1.82, 2.24) is 14.7 Å². The number of carbonyl (C=O) groups is 1. The van der Waals surface area contributed by atoms with Gasteiger partial charge in [0.15, 0.2) is 0 Å². The summed E-state index contributed by atoms with van der Waals surface area (Å²) < 4.78 is 6.77. The van der Waals surface area contributed by atoms with Crippen molar-refractivity contribution in [3.8, 4) is 11.3 Å². The summed E-state index contributed by atoms with van der Waals surface area (Å²) in [5.41, 5.74) is 3.68. The highest BCUT2D eigenvalue weighted by molar-refractivity contribution is 5.89. The van der Waals surface area contributed by atoms with Crippen LogP contribution in [0.2, 0.25) is 0 Å². The summed E-state index contributed by atoms with van der Waals surface area (Å²) in [4.78, 5) is 15.2. The first kappa shape index (κ1) is 11.5. The maximum absolute atomic E-state index is 10.9. The van der Waals surface area contributed by atoms with Crippen molar-refractivity contribution in [3.63, 3.8) is 0 Å². The van der Waals surface area contributed by atoms with Gasteiger partial charge in [0.2, 0.25) is 5.76 Å². The number of carboxylic acid groups (broad SMARTS) is 1. The third-order valence-electron chi connectivity index (χ3n) is 3.12. The van der Waals surface area contributed by atoms with E-state index in [-0.39, 0.29) is 5.76 Å². The second kappa shape index (κ2) is 3.94. The summed E-state index contributed by atoms with van der Waals surface area (Å²) in [7, 11) is 1.92. The number of aromatic carboxylic acids is 1. The van der Waals surface area contributed by atoms with E-state index in [1.807, 2.05) is 29.8 Å². The van der Waals surface area contributed by atoms with Crippen molar-refractivity contribution in [3.05, 3.63) is 35.9 Å². The topological polar surface area (TPSA) is 81.2 Å². The van der Waals surface area contributed by atoms with E-state index in [2.05, 4.69) is 10.1 Å². The predicted octanol–water partition coefficient (Wildman–Crippen LogP) is 2.23. The van der Waals surface area contributed by atoms with E-state index in [1.165, 1.54) is 0 Å². The summed E-state index contributed by atoms with van der Waals surface area (Å²) in [6.07, 6.45) is 1.73. The maximum atomic E-state index is 10.9. The van der Waals surface area contributed by atoms with Crippen molar-refractivity contribution >= 4 is 17.0 Å². The average molecular weight is 257 g/mol. The van der Waals surface area contributed by atoms with E-state index >= 15 is 0 Å². The first-order valence-corrected chi connectivity index (χ1v) is 5.69. The molecule has 0 bridgehead atoms. The van der Waals surface area contributed by atoms with Crippen LogP contribution < -0.4 is 0 Å². The number of carboxylic acids is 1. The summed E-state index contributed by atoms with van der Waals surface area (Å²) in [5, 5.41) is 12.8. The highest BCUT2D eigenvalue weighted by atomic mass is 16.5. The summed E-state index contributed by atoms with van der Waals surface area (Å²) in [6, 6.07) is 5.67. The Labute approximate surface area is 108 Å². The van der Waals surface area contributed by atoms with E-state index in [9.17, 15) is 4.79 Å². The number of rotatable bonds is 2. The van der Waals surface area contributed by atoms with Gasteiger partial charge in [0.25, 0.3) is 0 Å². The lowest BCUT2D eigenvalue weighted by Gasteiger charge is -1.99. The van der Waals surface area contributed by atoms with Crippen LogP contribution in [0, 0.1) is 6.92 Å². The smallest absolute Gasteiger partial charge is 0.375 e. The molecule has 3 aromatic rings. The molecule has 1 aromatic carbocycles. The van der Waals surface area contributed by atoms with Gasteiger partial charge in [-0.2, -0.15) is 0 Å². The minimum atomic E-state index is -1.12. The van der Waals surface area contributed by atoms with E-state index in [0.29, 0.717) is 11.3 Å². The normalized spacial score (nSPS) is 11.1. The number of hydrogen-bond donors (Lipinski definition) is 1. The predicted molar refractivity (Wildman–Crippen MR) is 67.9 cm³/mol. The van der Waals surface area contributed by atoms with Gasteiger partial charge in [0, 0.05) is 18.2 Å². The van der Waals surface area contributed by atoms with Crippen molar-refractivity contribution in [1.29, 1.82) is 0 Å². The summed E-state index contributed by atoms with van der Waals surface area (Å²) in [6.45, 7) is 1.68. The third-order valence-corrected chi connectivity index (χ3v) is 3.12. The molecule has 96 valence electrons. The van der Waals surface area contributed by atoms with Crippen LogP contribution in [0.15, 0.2) is 29.0 Å². The van der Waals surface area contributed by atoms with Crippen LogP contribution in [0.25, 0.3) is 22.3 Å². The molecule has 0 aliphatic carbocycles. The number of aromatic nitrogens is 3. The van der Waals surface area contributed by atoms with Crippen molar-refractivity contribution < 1.29 is 14.4 Å². The molecule has 0 radical (unpaired) electrons. The Balaban J connectivity index is 2.16. The Bertz CT molecular complexity index is 786. The highest BCUT2D eigenvalue weighted by Gasteiger charge is 2.19. The molecule has 0 atom stereocenters. The molecule has 2 aromatic heterocycles. The zero-order valence-corrected chi connectivity index (χ0v) is 10.4. The maximum Gasteiger partial charge on any atom is 0.375 e. The molecule has 6 nitrogen and oxygen atoms in total. The van der Waals surface area contributed by atoms with Crippen LogP contribution in [0.3, 0.4) is 0 Å². The fraction of sp³-hybridized carbons (Fsp3) is 0.154. The van der Waals surface area contributed by atoms with E-state index in [4.69, 9.17) is 9.63 Å². The first-order valence-electron chi connectivity index (χ1n) is 5.69. The molecule has 6 heteroatoms. The quantitative estimate of drug-likeness (QED) is 0.761. The van der Waals surface area contributed by atoms with Crippen LogP contribution >= 0.6 is 0 Å². The second-order valence-corrected chi connectivity index (χ2v) is 4.35. The van der Waals surface area contributed by atoms with E-state index in [1.54, 1.807) is 13.3 Å². The first-order chi connectivity index (χ1) is 9.08. The van der Waals surface area contributed by atoms with Gasteiger partial charge >= 0.3 is 5.97 Å². The van der Waals surface area contributed by atoms with Gasteiger partial charge in [-0.1, -0.05) is 11.2 Å². The molecular formula is C13H11N3O3. The Morgan fingerprint density at radius 2 is 2.21 bits per heavy atom.